The number of amides is 1. The molecule has 1 fully saturated rings. The topological polar surface area (TPSA) is 53.7 Å². The number of hydrogen-bond acceptors (Lipinski definition) is 5. The Balaban J connectivity index is 1.45. The summed E-state index contributed by atoms with van der Waals surface area (Å²) >= 11 is 1.56. The summed E-state index contributed by atoms with van der Waals surface area (Å²) in [4.78, 5) is 25.9. The molecule has 4 heterocycles. The molecule has 8 heteroatoms. The van der Waals surface area contributed by atoms with Crippen molar-refractivity contribution in [1.82, 2.24) is 19.3 Å². The van der Waals surface area contributed by atoms with Crippen molar-refractivity contribution in [2.75, 3.05) is 25.0 Å². The molecule has 0 unspecified atom stereocenters. The maximum Gasteiger partial charge on any atom is 0.222 e. The van der Waals surface area contributed by atoms with E-state index in [9.17, 15) is 9.18 Å². The highest BCUT2D eigenvalue weighted by Crippen LogP contribution is 2.35. The van der Waals surface area contributed by atoms with E-state index in [0.717, 1.165) is 65.9 Å². The number of benzene rings is 1. The number of anilines is 2. The summed E-state index contributed by atoms with van der Waals surface area (Å²) in [6.45, 7) is 5.68. The maximum absolute atomic E-state index is 13.3. The van der Waals surface area contributed by atoms with Gasteiger partial charge in [0.1, 0.15) is 17.3 Å². The van der Waals surface area contributed by atoms with Crippen molar-refractivity contribution < 1.29 is 9.18 Å². The van der Waals surface area contributed by atoms with Crippen LogP contribution >= 0.6 is 11.3 Å². The zero-order valence-corrected chi connectivity index (χ0v) is 21.2. The fraction of sp³-hybridized carbons (Fsp3) is 0.370. The molecular weight excluding hydrogens is 461 g/mol. The lowest BCUT2D eigenvalue weighted by Gasteiger charge is -2.32. The second kappa shape index (κ2) is 9.77. The Hall–Kier alpha value is -3.26. The van der Waals surface area contributed by atoms with Gasteiger partial charge in [-0.25, -0.2) is 14.4 Å². The number of hydrogen-bond donors (Lipinski definition) is 0. The third kappa shape index (κ3) is 4.55. The maximum atomic E-state index is 13.3. The van der Waals surface area contributed by atoms with E-state index >= 15 is 0 Å². The van der Waals surface area contributed by atoms with Gasteiger partial charge < -0.3 is 9.80 Å². The lowest BCUT2D eigenvalue weighted by Crippen LogP contribution is -2.37. The van der Waals surface area contributed by atoms with Crippen LogP contribution in [0.3, 0.4) is 0 Å². The SMILES string of the molecule is CCC(=O)N1CCC(c2ccc3nc(CC)c(N(C)c4nc(-c5ccc(F)cc5)cs4)n3c2)CC1. The minimum absolute atomic E-state index is 0.244. The van der Waals surface area contributed by atoms with Crippen molar-refractivity contribution in [3.63, 3.8) is 0 Å². The van der Waals surface area contributed by atoms with Gasteiger partial charge in [-0.05, 0) is 61.1 Å². The van der Waals surface area contributed by atoms with Gasteiger partial charge in [0.15, 0.2) is 5.13 Å². The number of rotatable bonds is 6. The zero-order valence-electron chi connectivity index (χ0n) is 20.4. The van der Waals surface area contributed by atoms with Crippen molar-refractivity contribution in [2.45, 2.75) is 45.4 Å². The predicted molar refractivity (Wildman–Crippen MR) is 139 cm³/mol. The van der Waals surface area contributed by atoms with Crippen LogP contribution in [0, 0.1) is 5.82 Å². The number of imidazole rings is 1. The highest BCUT2D eigenvalue weighted by atomic mass is 32.1. The molecule has 0 spiro atoms. The molecule has 1 aromatic carbocycles. The molecule has 5 rings (SSSR count). The van der Waals surface area contributed by atoms with E-state index in [1.54, 1.807) is 23.5 Å². The number of nitrogens with zero attached hydrogens (tertiary/aromatic N) is 5. The molecule has 1 amide bonds. The van der Waals surface area contributed by atoms with Crippen molar-refractivity contribution in [3.8, 4) is 11.3 Å². The molecule has 35 heavy (non-hydrogen) atoms. The normalized spacial score (nSPS) is 14.6. The number of pyridine rings is 1. The summed E-state index contributed by atoms with van der Waals surface area (Å²) in [5, 5.41) is 2.86. The summed E-state index contributed by atoms with van der Waals surface area (Å²) in [5.41, 5.74) is 4.94. The third-order valence-electron chi connectivity index (χ3n) is 6.88. The second-order valence-electron chi connectivity index (χ2n) is 9.02. The minimum atomic E-state index is -0.252. The molecule has 4 aromatic rings. The largest absolute Gasteiger partial charge is 0.343 e. The van der Waals surface area contributed by atoms with E-state index in [4.69, 9.17) is 9.97 Å². The average Bonchev–Trinajstić information content (AvgIpc) is 3.53. The molecule has 3 aromatic heterocycles. The summed E-state index contributed by atoms with van der Waals surface area (Å²) in [6, 6.07) is 10.7. The quantitative estimate of drug-likeness (QED) is 0.330. The number of carbonyl (C=O) groups excluding carboxylic acids is 1. The number of halogens is 1. The monoisotopic (exact) mass is 491 g/mol. The van der Waals surface area contributed by atoms with Gasteiger partial charge in [-0.15, -0.1) is 11.3 Å². The first kappa shape index (κ1) is 23.5. The van der Waals surface area contributed by atoms with Crippen LogP contribution in [-0.2, 0) is 11.2 Å². The zero-order chi connectivity index (χ0) is 24.5. The van der Waals surface area contributed by atoms with Crippen molar-refractivity contribution in [2.24, 2.45) is 0 Å². The Bertz CT molecular complexity index is 1340. The number of thiazole rings is 1. The summed E-state index contributed by atoms with van der Waals surface area (Å²) < 4.78 is 15.5. The Morgan fingerprint density at radius 2 is 1.86 bits per heavy atom. The molecule has 6 nitrogen and oxygen atoms in total. The van der Waals surface area contributed by atoms with Crippen LogP contribution in [-0.4, -0.2) is 45.3 Å². The molecule has 0 aliphatic carbocycles. The molecule has 182 valence electrons. The third-order valence-corrected chi connectivity index (χ3v) is 7.80. The fourth-order valence-corrected chi connectivity index (χ4v) is 5.68. The first-order valence-electron chi connectivity index (χ1n) is 12.2. The van der Waals surface area contributed by atoms with Gasteiger partial charge in [0.2, 0.25) is 5.91 Å². The summed E-state index contributed by atoms with van der Waals surface area (Å²) in [6.07, 6.45) is 5.55. The summed E-state index contributed by atoms with van der Waals surface area (Å²) in [5.74, 6) is 1.44. The van der Waals surface area contributed by atoms with Crippen LogP contribution in [0.25, 0.3) is 16.9 Å². The van der Waals surface area contributed by atoms with Crippen LogP contribution in [0.5, 0.6) is 0 Å². The second-order valence-corrected chi connectivity index (χ2v) is 9.85. The minimum Gasteiger partial charge on any atom is -0.343 e. The number of carbonyl (C=O) groups is 1. The average molecular weight is 492 g/mol. The van der Waals surface area contributed by atoms with E-state index in [1.165, 1.54) is 17.7 Å². The van der Waals surface area contributed by atoms with Crippen LogP contribution < -0.4 is 4.90 Å². The standard InChI is InChI=1S/C27H30FN5OS/c1-4-22-26(31(3)27-30-23(17-35-27)19-6-9-21(28)10-7-19)33-16-20(8-11-24(33)29-22)18-12-14-32(15-13-18)25(34)5-2/h6-11,16-18H,4-5,12-15H2,1-3H3. The Labute approximate surface area is 209 Å². The van der Waals surface area contributed by atoms with Crippen LogP contribution in [0.1, 0.15) is 50.3 Å². The lowest BCUT2D eigenvalue weighted by atomic mass is 9.90. The van der Waals surface area contributed by atoms with Gasteiger partial charge in [0, 0.05) is 43.7 Å². The number of piperidine rings is 1. The number of likely N-dealkylation sites (tertiary alicyclic amines) is 1. The van der Waals surface area contributed by atoms with Gasteiger partial charge in [0.25, 0.3) is 0 Å². The number of aromatic nitrogens is 3. The molecule has 0 bridgehead atoms. The van der Waals surface area contributed by atoms with E-state index < -0.39 is 0 Å². The van der Waals surface area contributed by atoms with Gasteiger partial charge in [-0.3, -0.25) is 9.20 Å². The van der Waals surface area contributed by atoms with Gasteiger partial charge in [-0.2, -0.15) is 0 Å². The summed E-state index contributed by atoms with van der Waals surface area (Å²) in [7, 11) is 2.03. The van der Waals surface area contributed by atoms with Crippen molar-refractivity contribution >= 4 is 33.8 Å². The van der Waals surface area contributed by atoms with Gasteiger partial charge in [0.05, 0.1) is 11.4 Å². The highest BCUT2D eigenvalue weighted by Gasteiger charge is 2.25. The van der Waals surface area contributed by atoms with Gasteiger partial charge in [-0.1, -0.05) is 19.9 Å². The lowest BCUT2D eigenvalue weighted by molar-refractivity contribution is -0.131. The fourth-order valence-electron chi connectivity index (χ4n) is 4.88. The molecule has 0 N–H and O–H groups in total. The van der Waals surface area contributed by atoms with Crippen molar-refractivity contribution in [1.29, 1.82) is 0 Å². The molecule has 1 aliphatic heterocycles. The van der Waals surface area contributed by atoms with Crippen LogP contribution in [0.15, 0.2) is 48.0 Å². The molecule has 0 radical (unpaired) electrons. The Morgan fingerprint density at radius 3 is 2.54 bits per heavy atom. The van der Waals surface area contributed by atoms with E-state index in [0.29, 0.717) is 12.3 Å². The predicted octanol–water partition coefficient (Wildman–Crippen LogP) is 6.04. The molecular formula is C27H30FN5OS. The highest BCUT2D eigenvalue weighted by molar-refractivity contribution is 7.14. The number of aryl methyl sites for hydroxylation is 1. The first-order valence-corrected chi connectivity index (χ1v) is 13.1. The first-order chi connectivity index (χ1) is 17.0. The van der Waals surface area contributed by atoms with Gasteiger partial charge >= 0.3 is 0 Å². The molecule has 1 aliphatic rings. The molecule has 1 saturated heterocycles. The molecule has 0 atom stereocenters. The van der Waals surface area contributed by atoms with Crippen molar-refractivity contribution in [3.05, 3.63) is 65.0 Å². The van der Waals surface area contributed by atoms with E-state index in [1.807, 2.05) is 24.3 Å². The Kier molecular flexibility index (Phi) is 6.56. The van der Waals surface area contributed by atoms with E-state index in [-0.39, 0.29) is 11.7 Å². The van der Waals surface area contributed by atoms with E-state index in [2.05, 4.69) is 34.6 Å². The molecule has 0 saturated carbocycles. The smallest absolute Gasteiger partial charge is 0.222 e. The van der Waals surface area contributed by atoms with Crippen LogP contribution in [0.4, 0.5) is 15.3 Å². The Morgan fingerprint density at radius 1 is 1.11 bits per heavy atom. The number of fused-ring (bicyclic) bond motifs is 1. The van der Waals surface area contributed by atoms with Crippen LogP contribution in [0.2, 0.25) is 0 Å².